The molecule has 46 heavy (non-hydrogen) atoms. The molecule has 0 heterocycles. The summed E-state index contributed by atoms with van der Waals surface area (Å²) in [6, 6.07) is 27.8. The predicted molar refractivity (Wildman–Crippen MR) is 158 cm³/mol. The first kappa shape index (κ1) is 32.4. The molecule has 1 amide bonds. The van der Waals surface area contributed by atoms with E-state index in [9.17, 15) is 35.5 Å². The van der Waals surface area contributed by atoms with Crippen molar-refractivity contribution >= 4 is 5.91 Å². The van der Waals surface area contributed by atoms with Gasteiger partial charge in [0, 0.05) is 5.56 Å². The number of carbonyl (C=O) groups is 1. The standard InChI is InChI=1S/C36H25F8NO/c37-30-21-28(20-29(22-30)35(39,40)41)34(17-16-23-8-3-1-4-9-23,27-13-7-12-25(18-27)24-10-5-2-6-11-24)45-33(46)26-14-15-32(38)31(19-26)36(42,43)44/h1-15,18-22H,16-17H2,(H,45,46). The van der Waals surface area contributed by atoms with Crippen LogP contribution >= 0.6 is 0 Å². The molecule has 0 spiro atoms. The molecular formula is C36H25F8NO. The lowest BCUT2D eigenvalue weighted by Gasteiger charge is -2.37. The van der Waals surface area contributed by atoms with E-state index >= 15 is 4.39 Å². The van der Waals surface area contributed by atoms with Crippen LogP contribution < -0.4 is 5.32 Å². The van der Waals surface area contributed by atoms with Crippen LogP contribution in [0.4, 0.5) is 35.1 Å². The SMILES string of the molecule is O=C(NC(CCc1ccccc1)(c1cccc(-c2ccccc2)c1)c1cc(F)cc(C(F)(F)F)c1)c1ccc(F)c(C(F)(F)F)c1. The highest BCUT2D eigenvalue weighted by atomic mass is 19.4. The zero-order chi connectivity index (χ0) is 33.1. The zero-order valence-electron chi connectivity index (χ0n) is 23.9. The second-order valence-corrected chi connectivity index (χ2v) is 10.7. The van der Waals surface area contributed by atoms with E-state index in [4.69, 9.17) is 0 Å². The van der Waals surface area contributed by atoms with Crippen molar-refractivity contribution in [1.29, 1.82) is 0 Å². The fraction of sp³-hybridized carbons (Fsp3) is 0.139. The maximum Gasteiger partial charge on any atom is 0.419 e. The summed E-state index contributed by atoms with van der Waals surface area (Å²) in [5, 5.41) is 2.67. The fourth-order valence-electron chi connectivity index (χ4n) is 5.38. The third kappa shape index (κ3) is 7.11. The van der Waals surface area contributed by atoms with E-state index in [1.807, 2.05) is 0 Å². The molecule has 0 fully saturated rings. The molecule has 0 aliphatic rings. The third-order valence-corrected chi connectivity index (χ3v) is 7.67. The molecule has 5 aromatic rings. The number of nitrogens with one attached hydrogen (secondary N) is 1. The van der Waals surface area contributed by atoms with E-state index < -0.39 is 52.1 Å². The maximum absolute atomic E-state index is 15.0. The number of hydrogen-bond acceptors (Lipinski definition) is 1. The van der Waals surface area contributed by atoms with E-state index in [1.54, 1.807) is 84.9 Å². The number of halogens is 8. The molecular weight excluding hydrogens is 614 g/mol. The van der Waals surface area contributed by atoms with Crippen molar-refractivity contribution in [3.8, 4) is 11.1 Å². The second kappa shape index (κ2) is 12.8. The van der Waals surface area contributed by atoms with Gasteiger partial charge in [0.05, 0.1) is 16.7 Å². The molecule has 10 heteroatoms. The molecule has 5 rings (SSSR count). The number of benzene rings is 5. The van der Waals surface area contributed by atoms with Crippen molar-refractivity contribution in [2.24, 2.45) is 0 Å². The quantitative estimate of drug-likeness (QED) is 0.168. The Morgan fingerprint density at radius 1 is 0.587 bits per heavy atom. The van der Waals surface area contributed by atoms with Crippen LogP contribution in [0.25, 0.3) is 11.1 Å². The number of amides is 1. The molecule has 5 aromatic carbocycles. The Kier molecular flexibility index (Phi) is 9.01. The number of aryl methyl sites for hydroxylation is 1. The molecule has 0 saturated heterocycles. The molecule has 1 unspecified atom stereocenters. The minimum absolute atomic E-state index is 0.130. The van der Waals surface area contributed by atoms with Crippen LogP contribution in [0.3, 0.4) is 0 Å². The van der Waals surface area contributed by atoms with Crippen molar-refractivity contribution in [2.75, 3.05) is 0 Å². The van der Waals surface area contributed by atoms with E-state index in [-0.39, 0.29) is 24.0 Å². The second-order valence-electron chi connectivity index (χ2n) is 10.7. The van der Waals surface area contributed by atoms with Crippen molar-refractivity contribution in [1.82, 2.24) is 5.32 Å². The van der Waals surface area contributed by atoms with E-state index in [0.717, 1.165) is 29.3 Å². The van der Waals surface area contributed by atoms with Crippen LogP contribution in [0.1, 0.15) is 44.6 Å². The van der Waals surface area contributed by atoms with Gasteiger partial charge >= 0.3 is 12.4 Å². The van der Waals surface area contributed by atoms with Gasteiger partial charge in [-0.25, -0.2) is 8.78 Å². The predicted octanol–water partition coefficient (Wildman–Crippen LogP) is 9.98. The van der Waals surface area contributed by atoms with Gasteiger partial charge in [0.15, 0.2) is 0 Å². The first-order valence-electron chi connectivity index (χ1n) is 14.0. The van der Waals surface area contributed by atoms with Gasteiger partial charge in [-0.2, -0.15) is 26.3 Å². The summed E-state index contributed by atoms with van der Waals surface area (Å²) in [7, 11) is 0. The van der Waals surface area contributed by atoms with Crippen LogP contribution in [0.5, 0.6) is 0 Å². The van der Waals surface area contributed by atoms with Gasteiger partial charge in [0.1, 0.15) is 11.6 Å². The minimum atomic E-state index is -5.13. The molecule has 0 aromatic heterocycles. The van der Waals surface area contributed by atoms with Gasteiger partial charge in [0.2, 0.25) is 0 Å². The van der Waals surface area contributed by atoms with Crippen molar-refractivity contribution in [2.45, 2.75) is 30.7 Å². The molecule has 0 aliphatic heterocycles. The number of hydrogen-bond donors (Lipinski definition) is 1. The lowest BCUT2D eigenvalue weighted by atomic mass is 9.76. The Morgan fingerprint density at radius 2 is 1.22 bits per heavy atom. The average molecular weight is 640 g/mol. The molecule has 0 aliphatic carbocycles. The largest absolute Gasteiger partial charge is 0.419 e. The molecule has 1 N–H and O–H groups in total. The minimum Gasteiger partial charge on any atom is -0.338 e. The van der Waals surface area contributed by atoms with Crippen molar-refractivity contribution in [3.05, 3.63) is 166 Å². The Balaban J connectivity index is 1.75. The normalized spacial score (nSPS) is 13.2. The molecule has 2 nitrogen and oxygen atoms in total. The molecule has 0 saturated carbocycles. The first-order chi connectivity index (χ1) is 21.8. The molecule has 1 atom stereocenters. The Hall–Kier alpha value is -4.99. The lowest BCUT2D eigenvalue weighted by molar-refractivity contribution is -0.140. The Bertz CT molecular complexity index is 1840. The molecule has 236 valence electrons. The zero-order valence-corrected chi connectivity index (χ0v) is 23.9. The monoisotopic (exact) mass is 639 g/mol. The number of alkyl halides is 6. The highest BCUT2D eigenvalue weighted by Gasteiger charge is 2.41. The van der Waals surface area contributed by atoms with Crippen LogP contribution in [0.2, 0.25) is 0 Å². The van der Waals surface area contributed by atoms with Gasteiger partial charge < -0.3 is 5.32 Å². The van der Waals surface area contributed by atoms with Crippen LogP contribution in [0, 0.1) is 11.6 Å². The van der Waals surface area contributed by atoms with Crippen molar-refractivity contribution < 1.29 is 39.9 Å². The number of rotatable bonds is 8. The van der Waals surface area contributed by atoms with Crippen LogP contribution in [-0.4, -0.2) is 5.91 Å². The summed E-state index contributed by atoms with van der Waals surface area (Å²) in [6.07, 6.45) is -10.1. The van der Waals surface area contributed by atoms with E-state index in [0.29, 0.717) is 23.8 Å². The summed E-state index contributed by atoms with van der Waals surface area (Å²) in [4.78, 5) is 13.8. The third-order valence-electron chi connectivity index (χ3n) is 7.67. The smallest absolute Gasteiger partial charge is 0.338 e. The summed E-state index contributed by atoms with van der Waals surface area (Å²) in [6.45, 7) is 0. The highest BCUT2D eigenvalue weighted by Crippen LogP contribution is 2.40. The summed E-state index contributed by atoms with van der Waals surface area (Å²) < 4.78 is 112. The van der Waals surface area contributed by atoms with Gasteiger partial charge in [-0.05, 0) is 83.1 Å². The average Bonchev–Trinajstić information content (AvgIpc) is 3.03. The van der Waals surface area contributed by atoms with Gasteiger partial charge in [-0.1, -0.05) is 78.9 Å². The first-order valence-corrected chi connectivity index (χ1v) is 14.0. The topological polar surface area (TPSA) is 29.1 Å². The van der Waals surface area contributed by atoms with Crippen LogP contribution in [-0.2, 0) is 24.3 Å². The van der Waals surface area contributed by atoms with E-state index in [1.165, 1.54) is 0 Å². The fourth-order valence-corrected chi connectivity index (χ4v) is 5.38. The summed E-state index contributed by atoms with van der Waals surface area (Å²) in [5.74, 6) is -3.97. The number of carbonyl (C=O) groups excluding carboxylic acids is 1. The molecule has 0 radical (unpaired) electrons. The van der Waals surface area contributed by atoms with Gasteiger partial charge in [-0.15, -0.1) is 0 Å². The van der Waals surface area contributed by atoms with Crippen molar-refractivity contribution in [3.63, 3.8) is 0 Å². The van der Waals surface area contributed by atoms with E-state index in [2.05, 4.69) is 5.32 Å². The lowest BCUT2D eigenvalue weighted by Crippen LogP contribution is -2.47. The van der Waals surface area contributed by atoms with Crippen LogP contribution in [0.15, 0.2) is 121 Å². The summed E-state index contributed by atoms with van der Waals surface area (Å²) >= 11 is 0. The van der Waals surface area contributed by atoms with Gasteiger partial charge in [0.25, 0.3) is 5.91 Å². The van der Waals surface area contributed by atoms with Gasteiger partial charge in [-0.3, -0.25) is 4.79 Å². The Morgan fingerprint density at radius 3 is 1.87 bits per heavy atom. The molecule has 0 bridgehead atoms. The Labute approximate surface area is 259 Å². The summed E-state index contributed by atoms with van der Waals surface area (Å²) in [5.41, 5.74) is -3.47. The highest BCUT2D eigenvalue weighted by molar-refractivity contribution is 5.95. The maximum atomic E-state index is 15.0.